The Morgan fingerprint density at radius 2 is 1.10 bits per heavy atom. The van der Waals surface area contributed by atoms with Gasteiger partial charge in [0.15, 0.2) is 0 Å². The van der Waals surface area contributed by atoms with Crippen LogP contribution in [-0.4, -0.2) is 5.11 Å². The van der Waals surface area contributed by atoms with Crippen LogP contribution in [0.4, 0.5) is 0 Å². The zero-order chi connectivity index (χ0) is 15.7. The summed E-state index contributed by atoms with van der Waals surface area (Å²) in [5, 5.41) is 10.9. The Balaban J connectivity index is 2.34. The maximum Gasteiger partial charge on any atom is 0.112 e. The van der Waals surface area contributed by atoms with Gasteiger partial charge in [0, 0.05) is 0 Å². The Kier molecular flexibility index (Phi) is 4.25. The van der Waals surface area contributed by atoms with Crippen LogP contribution in [0.25, 0.3) is 0 Å². The molecule has 0 heterocycles. The quantitative estimate of drug-likeness (QED) is 0.857. The summed E-state index contributed by atoms with van der Waals surface area (Å²) in [6.07, 6.45) is 1.02. The molecular formula is C20H26O. The van der Waals surface area contributed by atoms with Crippen LogP contribution >= 0.6 is 0 Å². The van der Waals surface area contributed by atoms with Crippen molar-refractivity contribution in [3.05, 3.63) is 70.8 Å². The van der Waals surface area contributed by atoms with Crippen LogP contribution in [0.15, 0.2) is 48.5 Å². The van der Waals surface area contributed by atoms with Gasteiger partial charge in [-0.25, -0.2) is 0 Å². The molecule has 0 fully saturated rings. The molecule has 1 nitrogen and oxygen atoms in total. The van der Waals surface area contributed by atoms with E-state index in [-0.39, 0.29) is 5.41 Å². The van der Waals surface area contributed by atoms with Gasteiger partial charge in [-0.15, -0.1) is 0 Å². The first-order chi connectivity index (χ1) is 9.75. The molecule has 0 saturated carbocycles. The van der Waals surface area contributed by atoms with Gasteiger partial charge >= 0.3 is 0 Å². The van der Waals surface area contributed by atoms with Gasteiger partial charge in [-0.05, 0) is 41.0 Å². The third-order valence-corrected chi connectivity index (χ3v) is 4.24. The van der Waals surface area contributed by atoms with Crippen LogP contribution in [0.2, 0.25) is 0 Å². The number of aryl methyl sites for hydroxylation is 1. The summed E-state index contributed by atoms with van der Waals surface area (Å²) in [4.78, 5) is 0. The van der Waals surface area contributed by atoms with Crippen molar-refractivity contribution in [3.8, 4) is 0 Å². The largest absolute Gasteiger partial charge is 0.381 e. The van der Waals surface area contributed by atoms with Gasteiger partial charge in [-0.3, -0.25) is 0 Å². The van der Waals surface area contributed by atoms with Crippen molar-refractivity contribution < 1.29 is 5.11 Å². The summed E-state index contributed by atoms with van der Waals surface area (Å²) in [6.45, 7) is 10.6. The standard InChI is InChI=1S/C20H26O/c1-6-15-7-9-17(10-8-15)20(5,21)18-13-11-16(12-14-18)19(2,3)4/h7-14,21H,6H2,1-5H3. The smallest absolute Gasteiger partial charge is 0.112 e. The summed E-state index contributed by atoms with van der Waals surface area (Å²) in [7, 11) is 0. The molecule has 112 valence electrons. The third kappa shape index (κ3) is 3.36. The van der Waals surface area contributed by atoms with E-state index in [2.05, 4.69) is 52.0 Å². The van der Waals surface area contributed by atoms with Gasteiger partial charge in [0.05, 0.1) is 0 Å². The molecule has 2 aromatic carbocycles. The maximum absolute atomic E-state index is 10.9. The zero-order valence-corrected chi connectivity index (χ0v) is 13.8. The molecule has 0 aliphatic heterocycles. The van der Waals surface area contributed by atoms with Gasteiger partial charge in [0.1, 0.15) is 5.60 Å². The van der Waals surface area contributed by atoms with Crippen LogP contribution in [0.3, 0.4) is 0 Å². The van der Waals surface area contributed by atoms with E-state index in [1.54, 1.807) is 0 Å². The Morgan fingerprint density at radius 3 is 1.48 bits per heavy atom. The fourth-order valence-corrected chi connectivity index (χ4v) is 2.53. The van der Waals surface area contributed by atoms with E-state index in [0.29, 0.717) is 0 Å². The lowest BCUT2D eigenvalue weighted by Gasteiger charge is -2.26. The first-order valence-electron chi connectivity index (χ1n) is 7.68. The molecule has 2 aromatic rings. The van der Waals surface area contributed by atoms with Gasteiger partial charge in [-0.2, -0.15) is 0 Å². The Hall–Kier alpha value is -1.60. The lowest BCUT2D eigenvalue weighted by Crippen LogP contribution is -2.23. The van der Waals surface area contributed by atoms with Crippen LogP contribution in [0.5, 0.6) is 0 Å². The van der Waals surface area contributed by atoms with E-state index in [4.69, 9.17) is 0 Å². The first-order valence-corrected chi connectivity index (χ1v) is 7.68. The van der Waals surface area contributed by atoms with Crippen molar-refractivity contribution in [3.63, 3.8) is 0 Å². The molecule has 0 aliphatic carbocycles. The lowest BCUT2D eigenvalue weighted by molar-refractivity contribution is 0.102. The molecule has 0 spiro atoms. The van der Waals surface area contributed by atoms with Crippen LogP contribution in [-0.2, 0) is 17.4 Å². The predicted molar refractivity (Wildman–Crippen MR) is 89.6 cm³/mol. The molecule has 0 radical (unpaired) electrons. The molecule has 1 N–H and O–H groups in total. The summed E-state index contributed by atoms with van der Waals surface area (Å²) in [5.74, 6) is 0. The molecule has 0 amide bonds. The summed E-state index contributed by atoms with van der Waals surface area (Å²) >= 11 is 0. The predicted octanol–water partition coefficient (Wildman–Crippen LogP) is 4.80. The monoisotopic (exact) mass is 282 g/mol. The highest BCUT2D eigenvalue weighted by atomic mass is 16.3. The van der Waals surface area contributed by atoms with E-state index in [0.717, 1.165) is 17.5 Å². The van der Waals surface area contributed by atoms with Gasteiger partial charge in [-0.1, -0.05) is 76.2 Å². The van der Waals surface area contributed by atoms with E-state index in [9.17, 15) is 5.11 Å². The average molecular weight is 282 g/mol. The SMILES string of the molecule is CCc1ccc(C(C)(O)c2ccc(C(C)(C)C)cc2)cc1. The first kappa shape index (κ1) is 15.8. The molecule has 1 heteroatoms. The number of hydrogen-bond acceptors (Lipinski definition) is 1. The molecule has 1 unspecified atom stereocenters. The Morgan fingerprint density at radius 1 is 0.714 bits per heavy atom. The second-order valence-electron chi connectivity index (χ2n) is 6.95. The highest BCUT2D eigenvalue weighted by Crippen LogP contribution is 2.31. The van der Waals surface area contributed by atoms with Crippen LogP contribution in [0.1, 0.15) is 56.9 Å². The van der Waals surface area contributed by atoms with Gasteiger partial charge < -0.3 is 5.11 Å². The number of aliphatic hydroxyl groups is 1. The van der Waals surface area contributed by atoms with E-state index >= 15 is 0 Å². The Bertz CT molecular complexity index is 583. The van der Waals surface area contributed by atoms with Crippen molar-refractivity contribution >= 4 is 0 Å². The van der Waals surface area contributed by atoms with E-state index in [1.807, 2.05) is 31.2 Å². The highest BCUT2D eigenvalue weighted by Gasteiger charge is 2.26. The molecule has 0 bridgehead atoms. The Labute approximate surface area is 128 Å². The number of hydrogen-bond donors (Lipinski definition) is 1. The fourth-order valence-electron chi connectivity index (χ4n) is 2.53. The summed E-state index contributed by atoms with van der Waals surface area (Å²) < 4.78 is 0. The third-order valence-electron chi connectivity index (χ3n) is 4.24. The molecule has 1 atom stereocenters. The topological polar surface area (TPSA) is 20.2 Å². The van der Waals surface area contributed by atoms with Gasteiger partial charge in [0.25, 0.3) is 0 Å². The molecular weight excluding hydrogens is 256 g/mol. The maximum atomic E-state index is 10.9. The molecule has 0 aromatic heterocycles. The van der Waals surface area contributed by atoms with Crippen LogP contribution < -0.4 is 0 Å². The molecule has 21 heavy (non-hydrogen) atoms. The minimum Gasteiger partial charge on any atom is -0.381 e. The molecule has 0 aliphatic rings. The minimum absolute atomic E-state index is 0.132. The van der Waals surface area contributed by atoms with E-state index < -0.39 is 5.60 Å². The summed E-state index contributed by atoms with van der Waals surface area (Å²) in [5.41, 5.74) is 3.61. The summed E-state index contributed by atoms with van der Waals surface area (Å²) in [6, 6.07) is 16.5. The second kappa shape index (κ2) is 5.65. The second-order valence-corrected chi connectivity index (χ2v) is 6.95. The zero-order valence-electron chi connectivity index (χ0n) is 13.8. The van der Waals surface area contributed by atoms with Crippen molar-refractivity contribution in [1.82, 2.24) is 0 Å². The minimum atomic E-state index is -0.956. The van der Waals surface area contributed by atoms with Gasteiger partial charge in [0.2, 0.25) is 0 Å². The van der Waals surface area contributed by atoms with Crippen molar-refractivity contribution in [2.45, 2.75) is 52.1 Å². The van der Waals surface area contributed by atoms with E-state index in [1.165, 1.54) is 11.1 Å². The molecule has 2 rings (SSSR count). The van der Waals surface area contributed by atoms with Crippen molar-refractivity contribution in [1.29, 1.82) is 0 Å². The highest BCUT2D eigenvalue weighted by molar-refractivity contribution is 5.38. The fraction of sp³-hybridized carbons (Fsp3) is 0.400. The molecule has 0 saturated heterocycles. The van der Waals surface area contributed by atoms with Crippen molar-refractivity contribution in [2.75, 3.05) is 0 Å². The number of rotatable bonds is 3. The van der Waals surface area contributed by atoms with Crippen molar-refractivity contribution in [2.24, 2.45) is 0 Å². The number of benzene rings is 2. The lowest BCUT2D eigenvalue weighted by atomic mass is 9.83. The van der Waals surface area contributed by atoms with Crippen LogP contribution in [0, 0.1) is 0 Å². The average Bonchev–Trinajstić information content (AvgIpc) is 2.46. The normalized spacial score (nSPS) is 14.8.